The number of carboxylic acid groups (broad SMARTS) is 1. The van der Waals surface area contributed by atoms with Crippen LogP contribution >= 0.6 is 0 Å². The van der Waals surface area contributed by atoms with Crippen molar-refractivity contribution >= 4 is 11.9 Å². The predicted molar refractivity (Wildman–Crippen MR) is 84.8 cm³/mol. The minimum absolute atomic E-state index is 0. The van der Waals surface area contributed by atoms with Crippen molar-refractivity contribution in [2.24, 2.45) is 0 Å². The van der Waals surface area contributed by atoms with Crippen LogP contribution in [0, 0.1) is 0 Å². The van der Waals surface area contributed by atoms with Gasteiger partial charge in [-0.3, -0.25) is 4.90 Å². The van der Waals surface area contributed by atoms with Gasteiger partial charge in [0.25, 0.3) is 0 Å². The van der Waals surface area contributed by atoms with E-state index in [9.17, 15) is 14.7 Å². The Kier molecular flexibility index (Phi) is 12.3. The molecule has 0 amide bonds. The molecule has 0 N–H and O–H groups in total. The van der Waals surface area contributed by atoms with Gasteiger partial charge in [0.1, 0.15) is 0 Å². The van der Waals surface area contributed by atoms with Gasteiger partial charge in [0.05, 0.1) is 18.6 Å². The van der Waals surface area contributed by atoms with Gasteiger partial charge in [0.15, 0.2) is 0 Å². The molecule has 0 aliphatic carbocycles. The molecule has 0 saturated carbocycles. The lowest BCUT2D eigenvalue weighted by molar-refractivity contribution is -0.255. The predicted octanol–water partition coefficient (Wildman–Crippen LogP) is -1.03. The topological polar surface area (TPSA) is 69.7 Å². The van der Waals surface area contributed by atoms with Gasteiger partial charge >= 0.3 is 5.97 Å². The normalized spacial score (nSPS) is 9.96. The second-order valence-corrected chi connectivity index (χ2v) is 5.37. The van der Waals surface area contributed by atoms with E-state index in [0.29, 0.717) is 17.6 Å². The van der Waals surface area contributed by atoms with E-state index < -0.39 is 11.9 Å². The quantitative estimate of drug-likeness (QED) is 0.639. The van der Waals surface area contributed by atoms with Gasteiger partial charge in [-0.2, -0.15) is 0 Å². The molecule has 0 bridgehead atoms. The summed E-state index contributed by atoms with van der Waals surface area (Å²) in [6.45, 7) is 12.3. The highest BCUT2D eigenvalue weighted by Gasteiger charge is 2.09. The summed E-state index contributed by atoms with van der Waals surface area (Å²) in [6.07, 6.45) is 0. The molecule has 0 aliphatic rings. The third-order valence-electron chi connectivity index (χ3n) is 3.23. The molecule has 0 saturated heterocycles. The summed E-state index contributed by atoms with van der Waals surface area (Å²) in [6, 6.07) is 6.71. The molecule has 0 aromatic heterocycles. The number of carboxylic acids is 1. The molecule has 0 aliphatic heterocycles. The van der Waals surface area contributed by atoms with Crippen molar-refractivity contribution in [3.63, 3.8) is 0 Å². The Bertz CT molecular complexity index is 464. The first-order valence-electron chi connectivity index (χ1n) is 7.40. The maximum atomic E-state index is 10.9. The maximum Gasteiger partial charge on any atom is 0.337 e. The van der Waals surface area contributed by atoms with Crippen molar-refractivity contribution in [1.29, 1.82) is 0 Å². The van der Waals surface area contributed by atoms with Gasteiger partial charge in [-0.1, -0.05) is 19.1 Å². The molecule has 1 rings (SSSR count). The van der Waals surface area contributed by atoms with Crippen LogP contribution in [0.25, 0.3) is 0 Å². The molecule has 5 nitrogen and oxygen atoms in total. The lowest BCUT2D eigenvalue weighted by Crippen LogP contribution is -3.00. The SMILES string of the molecule is CCN(C(C)C)C(C)C.COC(=O)c1ccc(C(=O)[O-])cc1.[Cl-]. The number of ether oxygens (including phenoxy) is 1. The van der Waals surface area contributed by atoms with Crippen LogP contribution in [0.2, 0.25) is 0 Å². The molecule has 0 radical (unpaired) electrons. The Balaban J connectivity index is 0. The van der Waals surface area contributed by atoms with E-state index in [4.69, 9.17) is 0 Å². The van der Waals surface area contributed by atoms with Crippen molar-refractivity contribution in [1.82, 2.24) is 4.90 Å². The standard InChI is InChI=1S/C9H8O4.C8H19N.ClH/c1-13-9(12)7-4-2-6(3-5-7)8(10)11;1-6-9(7(2)3)8(4)5;/h2-5H,1H3,(H,10,11);7-8H,6H2,1-5H3;1H/p-2. The summed E-state index contributed by atoms with van der Waals surface area (Å²) in [5, 5.41) is 10.3. The molecule has 1 aromatic rings. The van der Waals surface area contributed by atoms with Crippen molar-refractivity contribution in [3.05, 3.63) is 35.4 Å². The highest BCUT2D eigenvalue weighted by molar-refractivity contribution is 5.91. The molecule has 132 valence electrons. The number of rotatable bonds is 5. The monoisotopic (exact) mass is 343 g/mol. The van der Waals surface area contributed by atoms with E-state index in [0.717, 1.165) is 6.54 Å². The Morgan fingerprint density at radius 1 is 1.04 bits per heavy atom. The Morgan fingerprint density at radius 3 is 1.65 bits per heavy atom. The van der Waals surface area contributed by atoms with Crippen molar-refractivity contribution < 1.29 is 31.8 Å². The van der Waals surface area contributed by atoms with Crippen molar-refractivity contribution in [2.45, 2.75) is 46.7 Å². The van der Waals surface area contributed by atoms with Gasteiger partial charge in [0, 0.05) is 12.1 Å². The molecule has 0 heterocycles. The fourth-order valence-electron chi connectivity index (χ4n) is 2.19. The fourth-order valence-corrected chi connectivity index (χ4v) is 2.19. The number of hydrogen-bond donors (Lipinski definition) is 0. The summed E-state index contributed by atoms with van der Waals surface area (Å²) in [5.74, 6) is -1.76. The first-order chi connectivity index (χ1) is 10.2. The van der Waals surface area contributed by atoms with Crippen LogP contribution in [0.1, 0.15) is 55.3 Å². The molecule has 0 atom stereocenters. The fraction of sp³-hybridized carbons (Fsp3) is 0.529. The van der Waals surface area contributed by atoms with E-state index in [1.165, 1.54) is 31.4 Å². The number of carbonyl (C=O) groups is 2. The average Bonchev–Trinajstić information content (AvgIpc) is 2.47. The minimum Gasteiger partial charge on any atom is -1.00 e. The second-order valence-electron chi connectivity index (χ2n) is 5.37. The van der Waals surface area contributed by atoms with Crippen LogP contribution in [0.4, 0.5) is 0 Å². The third-order valence-corrected chi connectivity index (χ3v) is 3.23. The summed E-state index contributed by atoms with van der Waals surface area (Å²) >= 11 is 0. The number of hydrogen-bond acceptors (Lipinski definition) is 5. The Hall–Kier alpha value is -1.59. The molecular weight excluding hydrogens is 318 g/mol. The van der Waals surface area contributed by atoms with Gasteiger partial charge in [0.2, 0.25) is 0 Å². The van der Waals surface area contributed by atoms with Gasteiger partial charge in [-0.15, -0.1) is 0 Å². The van der Waals surface area contributed by atoms with Crippen LogP contribution in [-0.2, 0) is 4.74 Å². The number of benzene rings is 1. The van der Waals surface area contributed by atoms with Crippen LogP contribution < -0.4 is 17.5 Å². The largest absolute Gasteiger partial charge is 1.00 e. The van der Waals surface area contributed by atoms with Gasteiger partial charge in [-0.05, 0) is 51.9 Å². The minimum atomic E-state index is -1.27. The number of nitrogens with zero attached hydrogens (tertiary/aromatic N) is 1. The van der Waals surface area contributed by atoms with Crippen molar-refractivity contribution in [2.75, 3.05) is 13.7 Å². The smallest absolute Gasteiger partial charge is 0.337 e. The number of aromatic carboxylic acids is 1. The molecule has 1 aromatic carbocycles. The molecule has 0 spiro atoms. The van der Waals surface area contributed by atoms with Crippen LogP contribution in [0.15, 0.2) is 24.3 Å². The van der Waals surface area contributed by atoms with Gasteiger partial charge < -0.3 is 27.0 Å². The van der Waals surface area contributed by atoms with E-state index in [-0.39, 0.29) is 18.0 Å². The summed E-state index contributed by atoms with van der Waals surface area (Å²) in [5.41, 5.74) is 0.347. The van der Waals surface area contributed by atoms with Crippen LogP contribution in [0.5, 0.6) is 0 Å². The van der Waals surface area contributed by atoms with E-state index >= 15 is 0 Å². The molecular formula is C17H26ClNO4-2. The first kappa shape index (κ1) is 23.7. The zero-order valence-electron chi connectivity index (χ0n) is 14.6. The van der Waals surface area contributed by atoms with Gasteiger partial charge in [-0.25, -0.2) is 4.79 Å². The summed E-state index contributed by atoms with van der Waals surface area (Å²) < 4.78 is 4.43. The average molecular weight is 344 g/mol. The second kappa shape index (κ2) is 11.9. The Morgan fingerprint density at radius 2 is 1.43 bits per heavy atom. The van der Waals surface area contributed by atoms with Crippen LogP contribution in [0.3, 0.4) is 0 Å². The van der Waals surface area contributed by atoms with E-state index in [2.05, 4.69) is 44.3 Å². The highest BCUT2D eigenvalue weighted by Crippen LogP contribution is 2.04. The number of esters is 1. The lowest BCUT2D eigenvalue weighted by atomic mass is 10.1. The summed E-state index contributed by atoms with van der Waals surface area (Å²) in [4.78, 5) is 23.7. The molecule has 0 unspecified atom stereocenters. The lowest BCUT2D eigenvalue weighted by Gasteiger charge is -2.28. The number of halogens is 1. The van der Waals surface area contributed by atoms with E-state index in [1.807, 2.05) is 0 Å². The zero-order chi connectivity index (χ0) is 17.3. The Labute approximate surface area is 145 Å². The highest BCUT2D eigenvalue weighted by atomic mass is 35.5. The maximum absolute atomic E-state index is 10.9. The third kappa shape index (κ3) is 8.57. The molecule has 0 fully saturated rings. The summed E-state index contributed by atoms with van der Waals surface area (Å²) in [7, 11) is 1.26. The first-order valence-corrected chi connectivity index (χ1v) is 7.40. The zero-order valence-corrected chi connectivity index (χ0v) is 15.4. The van der Waals surface area contributed by atoms with Crippen molar-refractivity contribution in [3.8, 4) is 0 Å². The van der Waals surface area contributed by atoms with E-state index in [1.54, 1.807) is 0 Å². The van der Waals surface area contributed by atoms with Crippen LogP contribution in [-0.4, -0.2) is 42.6 Å². The molecule has 6 heteroatoms. The number of carbonyl (C=O) groups excluding carboxylic acids is 2. The number of methoxy groups -OCH3 is 1. The molecule has 23 heavy (non-hydrogen) atoms.